The molecule has 0 saturated carbocycles. The van der Waals surface area contributed by atoms with E-state index in [1.165, 1.54) is 172 Å². The van der Waals surface area contributed by atoms with Gasteiger partial charge in [0, 0.05) is 0 Å². The van der Waals surface area contributed by atoms with Crippen molar-refractivity contribution >= 4 is 0 Å². The van der Waals surface area contributed by atoms with Crippen LogP contribution >= 0.6 is 0 Å². The molecule has 0 amide bonds. The van der Waals surface area contributed by atoms with E-state index in [9.17, 15) is 0 Å². The maximum Gasteiger partial charge on any atom is 0.0782 e. The van der Waals surface area contributed by atoms with Crippen molar-refractivity contribution in [1.82, 2.24) is 0 Å². The summed E-state index contributed by atoms with van der Waals surface area (Å²) < 4.78 is 1.24. The Kier molecular flexibility index (Phi) is 25.5. The van der Waals surface area contributed by atoms with Crippen molar-refractivity contribution in [3.8, 4) is 0 Å². The van der Waals surface area contributed by atoms with E-state index in [-0.39, 0.29) is 0 Å². The van der Waals surface area contributed by atoms with Gasteiger partial charge in [0.1, 0.15) is 0 Å². The molecule has 0 unspecified atom stereocenters. The van der Waals surface area contributed by atoms with E-state index >= 15 is 0 Å². The maximum absolute atomic E-state index is 5.54. The summed E-state index contributed by atoms with van der Waals surface area (Å²) in [5.74, 6) is 0. The minimum atomic E-state index is 0.871. The Morgan fingerprint density at radius 3 is 0.906 bits per heavy atom. The lowest BCUT2D eigenvalue weighted by molar-refractivity contribution is -0.890. The first-order chi connectivity index (χ1) is 15.6. The highest BCUT2D eigenvalue weighted by Crippen LogP contribution is 2.15. The molecular weight excluding hydrogens is 388 g/mol. The summed E-state index contributed by atoms with van der Waals surface area (Å²) in [6, 6.07) is 0. The van der Waals surface area contributed by atoms with Crippen LogP contribution in [0.1, 0.15) is 161 Å². The van der Waals surface area contributed by atoms with Crippen LogP contribution in [-0.4, -0.2) is 38.2 Å². The van der Waals surface area contributed by atoms with E-state index < -0.39 is 0 Å². The molecule has 0 spiro atoms. The van der Waals surface area contributed by atoms with Gasteiger partial charge in [0.2, 0.25) is 0 Å². The molecule has 0 radical (unpaired) electrons. The highest BCUT2D eigenvalue weighted by Gasteiger charge is 2.13. The summed E-state index contributed by atoms with van der Waals surface area (Å²) in [7, 11) is 4.90. The van der Waals surface area contributed by atoms with Gasteiger partial charge in [-0.25, -0.2) is 0 Å². The third kappa shape index (κ3) is 26.2. The standard InChI is InChI=1S/C30H65N2/c1-4-5-6-7-8-9-17-20-23-26-29-32(2,3)30-27-24-21-18-15-13-11-10-12-14-16-19-22-25-28-31/h4-31H2,1-3H3/q+1. The number of nitrogens with two attached hydrogens (primary N) is 1. The molecule has 0 atom stereocenters. The van der Waals surface area contributed by atoms with Crippen molar-refractivity contribution in [2.75, 3.05) is 33.7 Å². The fraction of sp³-hybridized carbons (Fsp3) is 1.00. The van der Waals surface area contributed by atoms with Crippen LogP contribution in [-0.2, 0) is 0 Å². The second-order valence-corrected chi connectivity index (χ2v) is 11.3. The van der Waals surface area contributed by atoms with Crippen LogP contribution in [0, 0.1) is 0 Å². The zero-order chi connectivity index (χ0) is 23.6. The highest BCUT2D eigenvalue weighted by atomic mass is 15.3. The van der Waals surface area contributed by atoms with E-state index in [0.717, 1.165) is 6.54 Å². The number of rotatable bonds is 27. The Balaban J connectivity index is 3.27. The molecule has 0 heterocycles. The number of unbranched alkanes of at least 4 members (excludes halogenated alkanes) is 22. The average Bonchev–Trinajstić information content (AvgIpc) is 2.77. The second kappa shape index (κ2) is 25.5. The van der Waals surface area contributed by atoms with Gasteiger partial charge in [0.15, 0.2) is 0 Å². The van der Waals surface area contributed by atoms with Crippen molar-refractivity contribution < 1.29 is 4.48 Å². The fourth-order valence-electron chi connectivity index (χ4n) is 4.94. The Hall–Kier alpha value is -0.0800. The van der Waals surface area contributed by atoms with E-state index in [2.05, 4.69) is 21.0 Å². The van der Waals surface area contributed by atoms with Crippen LogP contribution in [0.5, 0.6) is 0 Å². The molecule has 0 aromatic heterocycles. The van der Waals surface area contributed by atoms with Crippen molar-refractivity contribution in [3.05, 3.63) is 0 Å². The predicted molar refractivity (Wildman–Crippen MR) is 147 cm³/mol. The Bertz CT molecular complexity index is 340. The monoisotopic (exact) mass is 454 g/mol. The zero-order valence-electron chi connectivity index (χ0n) is 23.1. The number of quaternary nitrogens is 1. The van der Waals surface area contributed by atoms with E-state index in [1.54, 1.807) is 0 Å². The smallest absolute Gasteiger partial charge is 0.0782 e. The normalized spacial score (nSPS) is 12.0. The molecule has 2 heteroatoms. The maximum atomic E-state index is 5.54. The van der Waals surface area contributed by atoms with E-state index in [0.29, 0.717) is 0 Å². The molecule has 0 fully saturated rings. The average molecular weight is 454 g/mol. The largest absolute Gasteiger partial charge is 0.330 e. The molecule has 0 rings (SSSR count). The van der Waals surface area contributed by atoms with Crippen LogP contribution in [0.15, 0.2) is 0 Å². The minimum Gasteiger partial charge on any atom is -0.330 e. The van der Waals surface area contributed by atoms with Gasteiger partial charge in [-0.15, -0.1) is 0 Å². The van der Waals surface area contributed by atoms with Crippen LogP contribution in [0.4, 0.5) is 0 Å². The van der Waals surface area contributed by atoms with Gasteiger partial charge in [-0.2, -0.15) is 0 Å². The van der Waals surface area contributed by atoms with E-state index in [4.69, 9.17) is 5.73 Å². The van der Waals surface area contributed by atoms with Crippen molar-refractivity contribution in [3.63, 3.8) is 0 Å². The lowest BCUT2D eigenvalue weighted by Crippen LogP contribution is -2.41. The third-order valence-corrected chi connectivity index (χ3v) is 7.33. The Morgan fingerprint density at radius 1 is 0.375 bits per heavy atom. The van der Waals surface area contributed by atoms with Gasteiger partial charge >= 0.3 is 0 Å². The summed E-state index contributed by atoms with van der Waals surface area (Å²) in [6.45, 7) is 5.93. The topological polar surface area (TPSA) is 26.0 Å². The van der Waals surface area contributed by atoms with Gasteiger partial charge in [-0.1, -0.05) is 129 Å². The first kappa shape index (κ1) is 31.9. The second-order valence-electron chi connectivity index (χ2n) is 11.3. The van der Waals surface area contributed by atoms with E-state index in [1.807, 2.05) is 0 Å². The van der Waals surface area contributed by atoms with Crippen LogP contribution in [0.2, 0.25) is 0 Å². The molecule has 2 N–H and O–H groups in total. The zero-order valence-corrected chi connectivity index (χ0v) is 23.1. The summed E-state index contributed by atoms with van der Waals surface area (Å²) >= 11 is 0. The lowest BCUT2D eigenvalue weighted by Gasteiger charge is -2.30. The molecule has 0 saturated heterocycles. The summed E-state index contributed by atoms with van der Waals surface area (Å²) in [4.78, 5) is 0. The SMILES string of the molecule is CCCCCCCCCCCC[N+](C)(C)CCCCCCCCCCCCCCCCN. The van der Waals surface area contributed by atoms with Gasteiger partial charge in [0.25, 0.3) is 0 Å². The molecule has 0 bridgehead atoms. The summed E-state index contributed by atoms with van der Waals surface area (Å²) in [5.41, 5.74) is 5.54. The van der Waals surface area contributed by atoms with Gasteiger partial charge in [0.05, 0.1) is 27.2 Å². The molecule has 0 aromatic carbocycles. The molecule has 32 heavy (non-hydrogen) atoms. The quantitative estimate of drug-likeness (QED) is 0.0972. The van der Waals surface area contributed by atoms with Crippen LogP contribution in [0.25, 0.3) is 0 Å². The highest BCUT2D eigenvalue weighted by molar-refractivity contribution is 4.51. The predicted octanol–water partition coefficient (Wildman–Crippen LogP) is 9.40. The van der Waals surface area contributed by atoms with Crippen LogP contribution in [0.3, 0.4) is 0 Å². The first-order valence-electron chi connectivity index (χ1n) is 15.1. The Labute approximate surface area is 205 Å². The van der Waals surface area contributed by atoms with Crippen molar-refractivity contribution in [1.29, 1.82) is 0 Å². The molecule has 2 nitrogen and oxygen atoms in total. The summed E-state index contributed by atoms with van der Waals surface area (Å²) in [6.07, 6.45) is 34.4. The Morgan fingerprint density at radius 2 is 0.625 bits per heavy atom. The number of hydrogen-bond acceptors (Lipinski definition) is 1. The van der Waals surface area contributed by atoms with Crippen molar-refractivity contribution in [2.45, 2.75) is 161 Å². The molecule has 0 aliphatic carbocycles. The third-order valence-electron chi connectivity index (χ3n) is 7.33. The fourth-order valence-corrected chi connectivity index (χ4v) is 4.94. The first-order valence-corrected chi connectivity index (χ1v) is 15.1. The molecule has 0 aromatic rings. The molecule has 194 valence electrons. The minimum absolute atomic E-state index is 0.871. The van der Waals surface area contributed by atoms with Gasteiger partial charge < -0.3 is 10.2 Å². The molecule has 0 aliphatic heterocycles. The number of hydrogen-bond donors (Lipinski definition) is 1. The lowest BCUT2D eigenvalue weighted by atomic mass is 10.0. The molecular formula is C30H65N2+. The van der Waals surface area contributed by atoms with Gasteiger partial charge in [-0.3, -0.25) is 0 Å². The van der Waals surface area contributed by atoms with Crippen molar-refractivity contribution in [2.24, 2.45) is 5.73 Å². The van der Waals surface area contributed by atoms with Crippen LogP contribution < -0.4 is 5.73 Å². The summed E-state index contributed by atoms with van der Waals surface area (Å²) in [5, 5.41) is 0. The molecule has 0 aliphatic rings. The van der Waals surface area contributed by atoms with Gasteiger partial charge in [-0.05, 0) is 38.6 Å². The number of nitrogens with zero attached hydrogens (tertiary/aromatic N) is 1.